The number of hydrogen-bond acceptors (Lipinski definition) is 5. The predicted octanol–water partition coefficient (Wildman–Crippen LogP) is 1.08. The summed E-state index contributed by atoms with van der Waals surface area (Å²) in [5.74, 6) is 0.202. The maximum atomic E-state index is 12.8. The monoisotopic (exact) mass is 355 g/mol. The third kappa shape index (κ3) is 3.52. The lowest BCUT2D eigenvalue weighted by Gasteiger charge is -2.34. The summed E-state index contributed by atoms with van der Waals surface area (Å²) < 4.78 is 5.32. The molecule has 1 atom stereocenters. The minimum Gasteiger partial charge on any atom is -0.494 e. The van der Waals surface area contributed by atoms with Gasteiger partial charge < -0.3 is 20.1 Å². The van der Waals surface area contributed by atoms with E-state index in [2.05, 4.69) is 10.3 Å². The Morgan fingerprint density at radius 2 is 2.12 bits per heavy atom. The number of methoxy groups -OCH3 is 1. The fraction of sp³-hybridized carbons (Fsp3) is 0.316. The quantitative estimate of drug-likeness (QED) is 0.837. The van der Waals surface area contributed by atoms with Crippen molar-refractivity contribution in [2.24, 2.45) is 0 Å². The molecule has 7 heteroatoms. The Bertz CT molecular complexity index is 792. The van der Waals surface area contributed by atoms with Crippen LogP contribution in [0.4, 0.5) is 0 Å². The van der Waals surface area contributed by atoms with Gasteiger partial charge in [-0.05, 0) is 30.7 Å². The molecule has 1 aliphatic rings. The van der Waals surface area contributed by atoms with Crippen LogP contribution in [0.15, 0.2) is 42.6 Å². The van der Waals surface area contributed by atoms with Gasteiger partial charge >= 0.3 is 0 Å². The number of rotatable bonds is 5. The summed E-state index contributed by atoms with van der Waals surface area (Å²) in [5.41, 5.74) is 2.02. The summed E-state index contributed by atoms with van der Waals surface area (Å²) in [6.07, 6.45) is 1.91. The normalized spacial score (nSPS) is 16.9. The van der Waals surface area contributed by atoms with Crippen LogP contribution in [0.1, 0.15) is 16.8 Å². The molecule has 2 heterocycles. The lowest BCUT2D eigenvalue weighted by Crippen LogP contribution is -2.57. The van der Waals surface area contributed by atoms with Crippen LogP contribution in [0, 0.1) is 0 Å². The number of hydrogen-bond donors (Lipinski definition) is 2. The number of nitrogens with zero attached hydrogens (tertiary/aromatic N) is 2. The predicted molar refractivity (Wildman–Crippen MR) is 95.8 cm³/mol. The number of aliphatic hydroxyl groups is 1. The van der Waals surface area contributed by atoms with Gasteiger partial charge in [-0.3, -0.25) is 14.6 Å². The van der Waals surface area contributed by atoms with Crippen molar-refractivity contribution in [3.8, 4) is 17.0 Å². The molecule has 7 nitrogen and oxygen atoms in total. The number of aromatic nitrogens is 1. The zero-order valence-electron chi connectivity index (χ0n) is 14.5. The second-order valence-corrected chi connectivity index (χ2v) is 5.95. The summed E-state index contributed by atoms with van der Waals surface area (Å²) in [7, 11) is 1.58. The van der Waals surface area contributed by atoms with Crippen molar-refractivity contribution in [1.29, 1.82) is 0 Å². The molecule has 1 unspecified atom stereocenters. The van der Waals surface area contributed by atoms with E-state index in [0.717, 1.165) is 5.56 Å². The highest BCUT2D eigenvalue weighted by atomic mass is 16.5. The largest absolute Gasteiger partial charge is 0.494 e. The Hall–Kier alpha value is -2.93. The third-order valence-corrected chi connectivity index (χ3v) is 4.39. The molecule has 0 bridgehead atoms. The van der Waals surface area contributed by atoms with Crippen molar-refractivity contribution in [2.45, 2.75) is 12.5 Å². The van der Waals surface area contributed by atoms with Gasteiger partial charge in [0.15, 0.2) is 0 Å². The molecule has 0 radical (unpaired) electrons. The Morgan fingerprint density at radius 3 is 2.81 bits per heavy atom. The summed E-state index contributed by atoms with van der Waals surface area (Å²) in [6, 6.07) is 10.0. The van der Waals surface area contributed by atoms with Crippen LogP contribution in [-0.2, 0) is 4.79 Å². The summed E-state index contributed by atoms with van der Waals surface area (Å²) in [5, 5.41) is 11.9. The van der Waals surface area contributed by atoms with E-state index in [1.165, 1.54) is 4.90 Å². The van der Waals surface area contributed by atoms with Crippen LogP contribution in [0.5, 0.6) is 5.75 Å². The van der Waals surface area contributed by atoms with Crippen molar-refractivity contribution in [3.05, 3.63) is 48.2 Å². The number of piperazine rings is 1. The molecule has 1 aromatic carbocycles. The first-order valence-electron chi connectivity index (χ1n) is 8.44. The number of aliphatic hydroxyl groups excluding tert-OH is 1. The zero-order valence-corrected chi connectivity index (χ0v) is 14.5. The molecular weight excluding hydrogens is 334 g/mol. The van der Waals surface area contributed by atoms with Crippen molar-refractivity contribution >= 4 is 11.8 Å². The molecule has 1 aliphatic heterocycles. The van der Waals surface area contributed by atoms with Gasteiger partial charge in [0.25, 0.3) is 5.91 Å². The van der Waals surface area contributed by atoms with Crippen molar-refractivity contribution in [3.63, 3.8) is 0 Å². The molecule has 1 saturated heterocycles. The second kappa shape index (κ2) is 7.97. The molecule has 26 heavy (non-hydrogen) atoms. The van der Waals surface area contributed by atoms with Gasteiger partial charge in [-0.1, -0.05) is 12.1 Å². The number of nitrogens with one attached hydrogen (secondary N) is 1. The number of ether oxygens (including phenoxy) is 1. The highest BCUT2D eigenvalue weighted by Crippen LogP contribution is 2.27. The Labute approximate surface area is 151 Å². The van der Waals surface area contributed by atoms with Crippen molar-refractivity contribution < 1.29 is 19.4 Å². The molecule has 0 saturated carbocycles. The molecule has 2 aromatic rings. The van der Waals surface area contributed by atoms with Gasteiger partial charge in [0.1, 0.15) is 17.5 Å². The smallest absolute Gasteiger partial charge is 0.254 e. The number of amides is 2. The van der Waals surface area contributed by atoms with E-state index in [1.807, 2.05) is 18.2 Å². The average molecular weight is 355 g/mol. The maximum Gasteiger partial charge on any atom is 0.254 e. The fourth-order valence-electron chi connectivity index (χ4n) is 3.08. The van der Waals surface area contributed by atoms with Crippen molar-refractivity contribution in [1.82, 2.24) is 15.2 Å². The fourth-order valence-corrected chi connectivity index (χ4v) is 3.08. The van der Waals surface area contributed by atoms with Gasteiger partial charge in [-0.25, -0.2) is 0 Å². The lowest BCUT2D eigenvalue weighted by molar-refractivity contribution is -0.128. The molecule has 136 valence electrons. The zero-order chi connectivity index (χ0) is 18.5. The number of benzene rings is 1. The SMILES string of the molecule is COc1cccnc1-c1ccc(C(=O)N2CCNC(=O)C2CCO)cc1. The van der Waals surface area contributed by atoms with Crippen LogP contribution in [0.25, 0.3) is 11.3 Å². The van der Waals surface area contributed by atoms with Crippen LogP contribution in [0.3, 0.4) is 0 Å². The van der Waals surface area contributed by atoms with Gasteiger partial charge in [0.05, 0.1) is 7.11 Å². The van der Waals surface area contributed by atoms with E-state index in [9.17, 15) is 14.7 Å². The van der Waals surface area contributed by atoms with Crippen LogP contribution < -0.4 is 10.1 Å². The Kier molecular flexibility index (Phi) is 5.48. The van der Waals surface area contributed by atoms with E-state index < -0.39 is 6.04 Å². The maximum absolute atomic E-state index is 12.8. The van der Waals surface area contributed by atoms with Gasteiger partial charge in [0.2, 0.25) is 5.91 Å². The second-order valence-electron chi connectivity index (χ2n) is 5.95. The third-order valence-electron chi connectivity index (χ3n) is 4.39. The lowest BCUT2D eigenvalue weighted by atomic mass is 10.0. The van der Waals surface area contributed by atoms with E-state index in [1.54, 1.807) is 31.5 Å². The highest BCUT2D eigenvalue weighted by Gasteiger charge is 2.32. The summed E-state index contributed by atoms with van der Waals surface area (Å²) >= 11 is 0. The van der Waals surface area contributed by atoms with Crippen LogP contribution >= 0.6 is 0 Å². The average Bonchev–Trinajstić information content (AvgIpc) is 2.69. The van der Waals surface area contributed by atoms with Crippen LogP contribution in [0.2, 0.25) is 0 Å². The highest BCUT2D eigenvalue weighted by molar-refractivity contribution is 5.98. The standard InChI is InChI=1S/C19H21N3O4/c1-26-16-3-2-9-20-17(16)13-4-6-14(7-5-13)19(25)22-11-10-21-18(24)15(22)8-12-23/h2-7,9,15,23H,8,10-12H2,1H3,(H,21,24). The van der Waals surface area contributed by atoms with Gasteiger partial charge in [0, 0.05) is 37.0 Å². The summed E-state index contributed by atoms with van der Waals surface area (Å²) in [4.78, 5) is 30.7. The minimum absolute atomic E-state index is 0.153. The minimum atomic E-state index is -0.642. The molecule has 1 fully saturated rings. The summed E-state index contributed by atoms with van der Waals surface area (Å²) in [6.45, 7) is 0.682. The first-order valence-corrected chi connectivity index (χ1v) is 8.44. The molecule has 0 aliphatic carbocycles. The van der Waals surface area contributed by atoms with E-state index >= 15 is 0 Å². The number of carbonyl (C=O) groups excluding carboxylic acids is 2. The molecule has 3 rings (SSSR count). The Balaban J connectivity index is 1.83. The molecule has 2 amide bonds. The van der Waals surface area contributed by atoms with E-state index in [0.29, 0.717) is 30.1 Å². The van der Waals surface area contributed by atoms with Crippen LogP contribution in [-0.4, -0.2) is 59.7 Å². The Morgan fingerprint density at radius 1 is 1.35 bits per heavy atom. The molecule has 2 N–H and O–H groups in total. The van der Waals surface area contributed by atoms with Gasteiger partial charge in [-0.15, -0.1) is 0 Å². The molecule has 1 aromatic heterocycles. The molecular formula is C19H21N3O4. The number of pyridine rings is 1. The van der Waals surface area contributed by atoms with E-state index in [-0.39, 0.29) is 24.8 Å². The van der Waals surface area contributed by atoms with E-state index in [4.69, 9.17) is 4.74 Å². The first-order chi connectivity index (χ1) is 12.7. The molecule has 0 spiro atoms. The van der Waals surface area contributed by atoms with Gasteiger partial charge in [-0.2, -0.15) is 0 Å². The van der Waals surface area contributed by atoms with Crippen molar-refractivity contribution in [2.75, 3.05) is 26.8 Å². The first kappa shape index (κ1) is 17.9. The topological polar surface area (TPSA) is 91.8 Å². The number of carbonyl (C=O) groups is 2.